The first kappa shape index (κ1) is 22.2. The summed E-state index contributed by atoms with van der Waals surface area (Å²) < 4.78 is 6.09. The van der Waals surface area contributed by atoms with Gasteiger partial charge in [-0.25, -0.2) is 0 Å². The van der Waals surface area contributed by atoms with Crippen molar-refractivity contribution < 1.29 is 14.3 Å². The molecule has 1 aliphatic heterocycles. The molecule has 0 aromatic heterocycles. The highest BCUT2D eigenvalue weighted by Gasteiger charge is 2.30. The third kappa shape index (κ3) is 5.95. The van der Waals surface area contributed by atoms with Gasteiger partial charge in [-0.3, -0.25) is 9.59 Å². The number of carbonyl (C=O) groups excluding carboxylic acids is 2. The predicted octanol–water partition coefficient (Wildman–Crippen LogP) is 3.21. The van der Waals surface area contributed by atoms with Crippen LogP contribution in [0.25, 0.3) is 0 Å². The van der Waals surface area contributed by atoms with E-state index in [0.717, 1.165) is 15.8 Å². The van der Waals surface area contributed by atoms with E-state index in [9.17, 15) is 9.59 Å². The van der Waals surface area contributed by atoms with Crippen molar-refractivity contribution in [2.75, 3.05) is 25.5 Å². The van der Waals surface area contributed by atoms with Gasteiger partial charge >= 0.3 is 0 Å². The molecule has 28 heavy (non-hydrogen) atoms. The molecule has 1 saturated heterocycles. The third-order valence-electron chi connectivity index (χ3n) is 4.41. The number of carbonyl (C=O) groups is 2. The highest BCUT2D eigenvalue weighted by Crippen LogP contribution is 2.17. The van der Waals surface area contributed by atoms with Crippen molar-refractivity contribution in [1.82, 2.24) is 10.2 Å². The second-order valence-electron chi connectivity index (χ2n) is 6.38. The smallest absolute Gasteiger partial charge is 0.240 e. The number of methoxy groups -OCH3 is 1. The SMILES string of the molecule is COc1ccc(NC(=O)CC2NCCN(Cc3cccc(Br)c3)C2=O)cc1.Cl. The molecule has 2 N–H and O–H groups in total. The summed E-state index contributed by atoms with van der Waals surface area (Å²) in [6, 6.07) is 14.5. The monoisotopic (exact) mass is 467 g/mol. The molecule has 0 bridgehead atoms. The summed E-state index contributed by atoms with van der Waals surface area (Å²) in [6.45, 7) is 1.83. The van der Waals surface area contributed by atoms with E-state index >= 15 is 0 Å². The van der Waals surface area contributed by atoms with E-state index < -0.39 is 6.04 Å². The summed E-state index contributed by atoms with van der Waals surface area (Å²) in [5, 5.41) is 5.97. The van der Waals surface area contributed by atoms with Gasteiger partial charge in [0.05, 0.1) is 19.6 Å². The molecular formula is C20H23BrClN3O3. The van der Waals surface area contributed by atoms with Crippen molar-refractivity contribution >= 4 is 45.8 Å². The largest absolute Gasteiger partial charge is 0.497 e. The second kappa shape index (κ2) is 10.5. The maximum atomic E-state index is 12.7. The fraction of sp³-hybridized carbons (Fsp3) is 0.300. The molecule has 6 nitrogen and oxygen atoms in total. The Kier molecular flexibility index (Phi) is 8.29. The molecule has 0 aliphatic carbocycles. The summed E-state index contributed by atoms with van der Waals surface area (Å²) in [5.74, 6) is 0.474. The average molecular weight is 469 g/mol. The number of rotatable bonds is 6. The van der Waals surface area contributed by atoms with E-state index in [0.29, 0.717) is 25.3 Å². The number of ether oxygens (including phenoxy) is 1. The molecule has 2 amide bonds. The van der Waals surface area contributed by atoms with Gasteiger partial charge in [0, 0.05) is 29.8 Å². The first-order valence-electron chi connectivity index (χ1n) is 8.75. The van der Waals surface area contributed by atoms with E-state index in [1.54, 1.807) is 36.3 Å². The number of hydrogen-bond acceptors (Lipinski definition) is 4. The molecule has 150 valence electrons. The van der Waals surface area contributed by atoms with Gasteiger partial charge < -0.3 is 20.3 Å². The van der Waals surface area contributed by atoms with Gasteiger partial charge in [0.2, 0.25) is 11.8 Å². The maximum Gasteiger partial charge on any atom is 0.240 e. The fourth-order valence-corrected chi connectivity index (χ4v) is 3.48. The number of nitrogens with zero attached hydrogens (tertiary/aromatic N) is 1. The molecule has 2 aromatic rings. The number of halogens is 2. The van der Waals surface area contributed by atoms with Gasteiger partial charge in [0.25, 0.3) is 0 Å². The predicted molar refractivity (Wildman–Crippen MR) is 115 cm³/mol. The van der Waals surface area contributed by atoms with Crippen molar-refractivity contribution in [3.8, 4) is 5.75 Å². The number of piperazine rings is 1. The minimum atomic E-state index is -0.510. The quantitative estimate of drug-likeness (QED) is 0.683. The topological polar surface area (TPSA) is 70.7 Å². The molecule has 0 spiro atoms. The Bertz CT molecular complexity index is 817. The Hall–Kier alpha value is -2.09. The highest BCUT2D eigenvalue weighted by molar-refractivity contribution is 9.10. The molecule has 2 aromatic carbocycles. The van der Waals surface area contributed by atoms with Crippen LogP contribution >= 0.6 is 28.3 Å². The van der Waals surface area contributed by atoms with Gasteiger partial charge in [0.1, 0.15) is 5.75 Å². The zero-order valence-electron chi connectivity index (χ0n) is 15.5. The minimum absolute atomic E-state index is 0. The molecule has 3 rings (SSSR count). The molecular weight excluding hydrogens is 446 g/mol. The maximum absolute atomic E-state index is 12.7. The Labute approximate surface area is 179 Å². The summed E-state index contributed by atoms with van der Waals surface area (Å²) in [5.41, 5.74) is 1.73. The Morgan fingerprint density at radius 1 is 1.29 bits per heavy atom. The van der Waals surface area contributed by atoms with Crippen molar-refractivity contribution in [2.24, 2.45) is 0 Å². The molecule has 1 fully saturated rings. The van der Waals surface area contributed by atoms with Crippen LogP contribution < -0.4 is 15.4 Å². The number of hydrogen-bond donors (Lipinski definition) is 2. The summed E-state index contributed by atoms with van der Waals surface area (Å²) in [4.78, 5) is 26.9. The van der Waals surface area contributed by atoms with Crippen molar-refractivity contribution in [3.05, 3.63) is 58.6 Å². The zero-order chi connectivity index (χ0) is 19.2. The van der Waals surface area contributed by atoms with Gasteiger partial charge in [0.15, 0.2) is 0 Å². The van der Waals surface area contributed by atoms with Crippen LogP contribution in [0.5, 0.6) is 5.75 Å². The van der Waals surface area contributed by atoms with Crippen LogP contribution in [0, 0.1) is 0 Å². The third-order valence-corrected chi connectivity index (χ3v) is 4.90. The number of amides is 2. The molecule has 8 heteroatoms. The van der Waals surface area contributed by atoms with Gasteiger partial charge in [-0.05, 0) is 42.0 Å². The number of anilines is 1. The number of benzene rings is 2. The van der Waals surface area contributed by atoms with Crippen molar-refractivity contribution in [2.45, 2.75) is 19.0 Å². The van der Waals surface area contributed by atoms with Crippen LogP contribution in [0.1, 0.15) is 12.0 Å². The fourth-order valence-electron chi connectivity index (χ4n) is 3.04. The van der Waals surface area contributed by atoms with Crippen molar-refractivity contribution in [1.29, 1.82) is 0 Å². The Morgan fingerprint density at radius 3 is 2.71 bits per heavy atom. The van der Waals surface area contributed by atoms with Gasteiger partial charge in [-0.1, -0.05) is 28.1 Å². The van der Waals surface area contributed by atoms with Gasteiger partial charge in [-0.2, -0.15) is 0 Å². The van der Waals surface area contributed by atoms with Crippen LogP contribution in [-0.4, -0.2) is 43.0 Å². The van der Waals surface area contributed by atoms with Crippen LogP contribution in [0.4, 0.5) is 5.69 Å². The summed E-state index contributed by atoms with van der Waals surface area (Å²) >= 11 is 3.45. The summed E-state index contributed by atoms with van der Waals surface area (Å²) in [7, 11) is 1.59. The minimum Gasteiger partial charge on any atom is -0.497 e. The zero-order valence-corrected chi connectivity index (χ0v) is 17.9. The standard InChI is InChI=1S/C20H22BrN3O3.ClH/c1-27-17-7-5-16(6-8-17)23-19(25)12-18-20(26)24(10-9-22-18)13-14-3-2-4-15(21)11-14;/h2-8,11,18,22H,9-10,12-13H2,1H3,(H,23,25);1H. The molecule has 0 saturated carbocycles. The first-order chi connectivity index (χ1) is 13.0. The van der Waals surface area contributed by atoms with E-state index in [2.05, 4.69) is 26.6 Å². The lowest BCUT2D eigenvalue weighted by molar-refractivity contribution is -0.138. The Morgan fingerprint density at radius 2 is 2.04 bits per heavy atom. The van der Waals surface area contributed by atoms with E-state index in [1.807, 2.05) is 24.3 Å². The van der Waals surface area contributed by atoms with Gasteiger partial charge in [-0.15, -0.1) is 12.4 Å². The van der Waals surface area contributed by atoms with Crippen LogP contribution in [0.2, 0.25) is 0 Å². The highest BCUT2D eigenvalue weighted by atomic mass is 79.9. The lowest BCUT2D eigenvalue weighted by Crippen LogP contribution is -2.55. The van der Waals surface area contributed by atoms with E-state index in [4.69, 9.17) is 4.74 Å². The van der Waals surface area contributed by atoms with Crippen molar-refractivity contribution in [3.63, 3.8) is 0 Å². The normalized spacial score (nSPS) is 16.3. The Balaban J connectivity index is 0.00000280. The molecule has 1 atom stereocenters. The van der Waals surface area contributed by atoms with Crippen LogP contribution in [0.15, 0.2) is 53.0 Å². The molecule has 1 aliphatic rings. The van der Waals surface area contributed by atoms with Crippen LogP contribution in [0.3, 0.4) is 0 Å². The molecule has 0 radical (unpaired) electrons. The molecule has 1 unspecified atom stereocenters. The van der Waals surface area contributed by atoms with E-state index in [1.165, 1.54) is 0 Å². The number of nitrogens with one attached hydrogen (secondary N) is 2. The summed E-state index contributed by atoms with van der Waals surface area (Å²) in [6.07, 6.45) is 0.0971. The lowest BCUT2D eigenvalue weighted by atomic mass is 10.1. The molecule has 1 heterocycles. The van der Waals surface area contributed by atoms with E-state index in [-0.39, 0.29) is 30.6 Å². The first-order valence-corrected chi connectivity index (χ1v) is 9.55. The lowest BCUT2D eigenvalue weighted by Gasteiger charge is -2.33. The average Bonchev–Trinajstić information content (AvgIpc) is 2.66. The second-order valence-corrected chi connectivity index (χ2v) is 7.29. The van der Waals surface area contributed by atoms with Crippen LogP contribution in [-0.2, 0) is 16.1 Å².